The minimum Gasteiger partial charge on any atom is -0.299 e. The average Bonchev–Trinajstić information content (AvgIpc) is 2.92. The maximum Gasteiger partial charge on any atom is 0.0622 e. The van der Waals surface area contributed by atoms with E-state index in [0.29, 0.717) is 12.5 Å². The van der Waals surface area contributed by atoms with Crippen molar-refractivity contribution in [3.8, 4) is 6.07 Å². The summed E-state index contributed by atoms with van der Waals surface area (Å²) in [4.78, 5) is 2.50. The van der Waals surface area contributed by atoms with Gasteiger partial charge in [0.05, 0.1) is 12.6 Å². The third kappa shape index (κ3) is 2.83. The number of rotatable bonds is 5. The Balaban J connectivity index is 1.81. The van der Waals surface area contributed by atoms with Crippen molar-refractivity contribution in [1.82, 2.24) is 14.7 Å². The fourth-order valence-electron chi connectivity index (χ4n) is 2.38. The second-order valence-electron chi connectivity index (χ2n) is 4.32. The Kier molecular flexibility index (Phi) is 3.95. The molecule has 0 N–H and O–H groups in total. The first-order chi connectivity index (χ1) is 7.90. The summed E-state index contributed by atoms with van der Waals surface area (Å²) in [5.41, 5.74) is 0. The molecule has 1 unspecified atom stereocenters. The molecule has 16 heavy (non-hydrogen) atoms. The molecule has 1 fully saturated rings. The van der Waals surface area contributed by atoms with Crippen molar-refractivity contribution in [3.63, 3.8) is 0 Å². The summed E-state index contributed by atoms with van der Waals surface area (Å²) < 4.78 is 2.01. The van der Waals surface area contributed by atoms with Gasteiger partial charge in [0.1, 0.15) is 0 Å². The number of nitrogens with zero attached hydrogens (tertiary/aromatic N) is 4. The largest absolute Gasteiger partial charge is 0.299 e. The van der Waals surface area contributed by atoms with E-state index in [9.17, 15) is 0 Å². The zero-order valence-electron chi connectivity index (χ0n) is 9.55. The highest BCUT2D eigenvalue weighted by Crippen LogP contribution is 2.18. The van der Waals surface area contributed by atoms with Crippen LogP contribution in [0, 0.1) is 11.3 Å². The number of aromatic nitrogens is 2. The molecular formula is C12H18N4. The van der Waals surface area contributed by atoms with Crippen LogP contribution in [0.5, 0.6) is 0 Å². The summed E-state index contributed by atoms with van der Waals surface area (Å²) in [5, 5.41) is 12.8. The van der Waals surface area contributed by atoms with Gasteiger partial charge in [-0.25, -0.2) is 0 Å². The minimum absolute atomic E-state index is 0.610. The van der Waals surface area contributed by atoms with E-state index in [2.05, 4.69) is 16.1 Å². The third-order valence-corrected chi connectivity index (χ3v) is 3.19. The fourth-order valence-corrected chi connectivity index (χ4v) is 2.38. The van der Waals surface area contributed by atoms with Gasteiger partial charge in [-0.05, 0) is 38.4 Å². The van der Waals surface area contributed by atoms with Crippen molar-refractivity contribution in [1.29, 1.82) is 5.26 Å². The van der Waals surface area contributed by atoms with E-state index in [0.717, 1.165) is 19.5 Å². The van der Waals surface area contributed by atoms with Gasteiger partial charge >= 0.3 is 0 Å². The fraction of sp³-hybridized carbons (Fsp3) is 0.667. The molecule has 1 atom stereocenters. The second-order valence-corrected chi connectivity index (χ2v) is 4.32. The first kappa shape index (κ1) is 11.2. The Morgan fingerprint density at radius 2 is 2.44 bits per heavy atom. The summed E-state index contributed by atoms with van der Waals surface area (Å²) in [6, 6.07) is 4.78. The van der Waals surface area contributed by atoms with Crippen molar-refractivity contribution in [3.05, 3.63) is 18.5 Å². The lowest BCUT2D eigenvalue weighted by molar-refractivity contribution is 0.225. The van der Waals surface area contributed by atoms with E-state index in [-0.39, 0.29) is 0 Å². The van der Waals surface area contributed by atoms with E-state index in [1.807, 2.05) is 23.1 Å². The van der Waals surface area contributed by atoms with Gasteiger partial charge in [-0.15, -0.1) is 0 Å². The van der Waals surface area contributed by atoms with Gasteiger partial charge in [-0.3, -0.25) is 9.58 Å². The van der Waals surface area contributed by atoms with Crippen LogP contribution < -0.4 is 0 Å². The van der Waals surface area contributed by atoms with Crippen LogP contribution in [0.25, 0.3) is 0 Å². The van der Waals surface area contributed by atoms with Gasteiger partial charge < -0.3 is 0 Å². The summed E-state index contributed by atoms with van der Waals surface area (Å²) in [6.07, 6.45) is 8.04. The number of hydrogen-bond acceptors (Lipinski definition) is 3. The lowest BCUT2D eigenvalue weighted by Crippen LogP contribution is -2.33. The summed E-state index contributed by atoms with van der Waals surface area (Å²) in [7, 11) is 0. The molecule has 0 amide bonds. The monoisotopic (exact) mass is 218 g/mol. The second kappa shape index (κ2) is 5.66. The molecule has 0 bridgehead atoms. The van der Waals surface area contributed by atoms with Crippen LogP contribution in [-0.4, -0.2) is 33.8 Å². The van der Waals surface area contributed by atoms with E-state index in [1.54, 1.807) is 0 Å². The third-order valence-electron chi connectivity index (χ3n) is 3.19. The smallest absolute Gasteiger partial charge is 0.0622 e. The number of nitriles is 1. The minimum atomic E-state index is 0.610. The van der Waals surface area contributed by atoms with Crippen LogP contribution in [0.1, 0.15) is 25.7 Å². The van der Waals surface area contributed by atoms with Gasteiger partial charge in [0.15, 0.2) is 0 Å². The Morgan fingerprint density at radius 1 is 1.50 bits per heavy atom. The molecule has 1 aromatic heterocycles. The van der Waals surface area contributed by atoms with Crippen molar-refractivity contribution in [2.75, 3.05) is 13.1 Å². The van der Waals surface area contributed by atoms with E-state index in [4.69, 9.17) is 5.26 Å². The van der Waals surface area contributed by atoms with Gasteiger partial charge in [-0.1, -0.05) is 0 Å². The lowest BCUT2D eigenvalue weighted by Gasteiger charge is -2.23. The highest BCUT2D eigenvalue weighted by molar-refractivity contribution is 4.84. The van der Waals surface area contributed by atoms with Crippen LogP contribution in [-0.2, 0) is 6.54 Å². The molecule has 4 nitrogen and oxygen atoms in total. The molecular weight excluding hydrogens is 200 g/mol. The van der Waals surface area contributed by atoms with Crippen LogP contribution >= 0.6 is 0 Å². The molecule has 0 aromatic carbocycles. The maximum absolute atomic E-state index is 8.53. The topological polar surface area (TPSA) is 44.9 Å². The molecule has 4 heteroatoms. The zero-order chi connectivity index (χ0) is 11.2. The van der Waals surface area contributed by atoms with Gasteiger partial charge in [-0.2, -0.15) is 10.4 Å². The van der Waals surface area contributed by atoms with Crippen LogP contribution in [0.15, 0.2) is 18.5 Å². The van der Waals surface area contributed by atoms with Crippen molar-refractivity contribution >= 4 is 0 Å². The SMILES string of the molecule is N#CCCCN1CCCC1Cn1cccn1. The highest BCUT2D eigenvalue weighted by atomic mass is 15.3. The predicted octanol–water partition coefficient (Wildman–Crippen LogP) is 1.65. The first-order valence-corrected chi connectivity index (χ1v) is 5.98. The summed E-state index contributed by atoms with van der Waals surface area (Å²) in [5.74, 6) is 0. The van der Waals surface area contributed by atoms with Gasteiger partial charge in [0.2, 0.25) is 0 Å². The molecule has 1 saturated heterocycles. The zero-order valence-corrected chi connectivity index (χ0v) is 9.55. The molecule has 86 valence electrons. The molecule has 2 heterocycles. The average molecular weight is 218 g/mol. The highest BCUT2D eigenvalue weighted by Gasteiger charge is 2.24. The van der Waals surface area contributed by atoms with Crippen LogP contribution in [0.4, 0.5) is 0 Å². The van der Waals surface area contributed by atoms with Crippen molar-refractivity contribution in [2.24, 2.45) is 0 Å². The Morgan fingerprint density at radius 3 is 3.19 bits per heavy atom. The molecule has 0 aliphatic carbocycles. The Bertz CT molecular complexity index is 338. The molecule has 0 radical (unpaired) electrons. The summed E-state index contributed by atoms with van der Waals surface area (Å²) >= 11 is 0. The van der Waals surface area contributed by atoms with E-state index in [1.165, 1.54) is 19.4 Å². The van der Waals surface area contributed by atoms with E-state index >= 15 is 0 Å². The molecule has 1 aliphatic rings. The normalized spacial score (nSPS) is 21.1. The van der Waals surface area contributed by atoms with Gasteiger partial charge in [0, 0.05) is 24.9 Å². The standard InChI is InChI=1S/C12H18N4/c13-6-1-2-8-15-9-3-5-12(15)11-16-10-4-7-14-16/h4,7,10,12H,1-3,5,8-9,11H2. The molecule has 1 aromatic rings. The Hall–Kier alpha value is -1.34. The van der Waals surface area contributed by atoms with Crippen molar-refractivity contribution < 1.29 is 0 Å². The number of likely N-dealkylation sites (tertiary alicyclic amines) is 1. The number of unbranched alkanes of at least 4 members (excludes halogenated alkanes) is 1. The maximum atomic E-state index is 8.53. The molecule has 0 saturated carbocycles. The van der Waals surface area contributed by atoms with Crippen LogP contribution in [0.3, 0.4) is 0 Å². The lowest BCUT2D eigenvalue weighted by atomic mass is 10.2. The number of hydrogen-bond donors (Lipinski definition) is 0. The van der Waals surface area contributed by atoms with E-state index < -0.39 is 0 Å². The quantitative estimate of drug-likeness (QED) is 0.706. The Labute approximate surface area is 96.5 Å². The van der Waals surface area contributed by atoms with Crippen LogP contribution in [0.2, 0.25) is 0 Å². The summed E-state index contributed by atoms with van der Waals surface area (Å²) in [6.45, 7) is 3.22. The molecule has 0 spiro atoms. The predicted molar refractivity (Wildman–Crippen MR) is 61.7 cm³/mol. The molecule has 1 aliphatic heterocycles. The molecule has 2 rings (SSSR count). The van der Waals surface area contributed by atoms with Crippen molar-refractivity contribution in [2.45, 2.75) is 38.3 Å². The van der Waals surface area contributed by atoms with Gasteiger partial charge in [0.25, 0.3) is 0 Å². The first-order valence-electron chi connectivity index (χ1n) is 5.98.